The van der Waals surface area contributed by atoms with Crippen molar-refractivity contribution >= 4 is 17.8 Å². The van der Waals surface area contributed by atoms with Gasteiger partial charge in [0.15, 0.2) is 0 Å². The van der Waals surface area contributed by atoms with Crippen LogP contribution in [0.4, 0.5) is 5.69 Å². The first-order valence-corrected chi connectivity index (χ1v) is 11.3. The molecule has 2 heterocycles. The predicted molar refractivity (Wildman–Crippen MR) is 140 cm³/mol. The van der Waals surface area contributed by atoms with E-state index in [1.54, 1.807) is 12.3 Å². The number of aryl methyl sites for hydroxylation is 3. The quantitative estimate of drug-likeness (QED) is 0.317. The fourth-order valence-electron chi connectivity index (χ4n) is 4.30. The molecular formula is C28H31N5O. The Kier molecular flexibility index (Phi) is 6.41. The molecule has 34 heavy (non-hydrogen) atoms. The summed E-state index contributed by atoms with van der Waals surface area (Å²) in [5.41, 5.74) is 11.8. The van der Waals surface area contributed by atoms with Crippen LogP contribution in [0.15, 0.2) is 71.8 Å². The molecule has 1 N–H and O–H groups in total. The fourth-order valence-corrected chi connectivity index (χ4v) is 4.30. The Hall–Kier alpha value is -4.06. The molecule has 0 spiro atoms. The minimum atomic E-state index is -0.242. The van der Waals surface area contributed by atoms with Crippen LogP contribution in [0, 0.1) is 27.7 Å². The van der Waals surface area contributed by atoms with Gasteiger partial charge in [0.05, 0.1) is 6.21 Å². The van der Waals surface area contributed by atoms with Crippen LogP contribution in [0.2, 0.25) is 0 Å². The predicted octanol–water partition coefficient (Wildman–Crippen LogP) is 5.33. The minimum absolute atomic E-state index is 0.242. The summed E-state index contributed by atoms with van der Waals surface area (Å²) in [5, 5.41) is 4.24. The minimum Gasteiger partial charge on any atom is -0.378 e. The van der Waals surface area contributed by atoms with Gasteiger partial charge in [-0.25, -0.2) is 5.43 Å². The molecule has 0 aliphatic heterocycles. The van der Waals surface area contributed by atoms with E-state index < -0.39 is 0 Å². The highest BCUT2D eigenvalue weighted by Gasteiger charge is 2.11. The van der Waals surface area contributed by atoms with Crippen LogP contribution >= 0.6 is 0 Å². The van der Waals surface area contributed by atoms with Crippen LogP contribution in [-0.4, -0.2) is 35.4 Å². The summed E-state index contributed by atoms with van der Waals surface area (Å²) in [7, 11) is 4.06. The van der Waals surface area contributed by atoms with Crippen molar-refractivity contribution in [3.8, 4) is 11.4 Å². The first-order chi connectivity index (χ1) is 16.3. The Labute approximate surface area is 201 Å². The highest BCUT2D eigenvalue weighted by atomic mass is 16.2. The summed E-state index contributed by atoms with van der Waals surface area (Å²) in [6, 6.07) is 22.2. The Morgan fingerprint density at radius 2 is 1.50 bits per heavy atom. The molecule has 6 heteroatoms. The molecule has 0 bridgehead atoms. The smallest absolute Gasteiger partial charge is 0.271 e. The van der Waals surface area contributed by atoms with E-state index in [9.17, 15) is 4.79 Å². The van der Waals surface area contributed by atoms with Gasteiger partial charge in [-0.15, -0.1) is 0 Å². The second-order valence-electron chi connectivity index (χ2n) is 8.77. The maximum absolute atomic E-state index is 12.7. The summed E-state index contributed by atoms with van der Waals surface area (Å²) in [4.78, 5) is 14.8. The molecule has 4 aromatic rings. The SMILES string of the molecule is Cc1ccc(C)n1-c1cccc(C(=O)N/N=C\c2cc(C)n(-c3ccc(N(C)C)cc3)c2C)c1. The Morgan fingerprint density at radius 3 is 2.15 bits per heavy atom. The molecule has 2 aromatic heterocycles. The second kappa shape index (κ2) is 9.43. The van der Waals surface area contributed by atoms with Gasteiger partial charge >= 0.3 is 0 Å². The summed E-state index contributed by atoms with van der Waals surface area (Å²) in [6.45, 7) is 8.23. The van der Waals surface area contributed by atoms with Gasteiger partial charge in [-0.1, -0.05) is 6.07 Å². The van der Waals surface area contributed by atoms with Crippen molar-refractivity contribution in [2.75, 3.05) is 19.0 Å². The molecule has 0 radical (unpaired) electrons. The zero-order chi connectivity index (χ0) is 24.4. The van der Waals surface area contributed by atoms with Crippen molar-refractivity contribution in [2.45, 2.75) is 27.7 Å². The number of hydrogen-bond acceptors (Lipinski definition) is 3. The number of nitrogens with zero attached hydrogens (tertiary/aromatic N) is 4. The zero-order valence-corrected chi connectivity index (χ0v) is 20.6. The molecule has 0 saturated carbocycles. The molecule has 2 aromatic carbocycles. The molecule has 174 valence electrons. The fraction of sp³-hybridized carbons (Fsp3) is 0.214. The zero-order valence-electron chi connectivity index (χ0n) is 20.6. The van der Waals surface area contributed by atoms with E-state index in [0.29, 0.717) is 5.56 Å². The lowest BCUT2D eigenvalue weighted by atomic mass is 10.2. The average molecular weight is 454 g/mol. The van der Waals surface area contributed by atoms with Crippen molar-refractivity contribution in [2.24, 2.45) is 5.10 Å². The van der Waals surface area contributed by atoms with E-state index in [2.05, 4.69) is 94.7 Å². The third kappa shape index (κ3) is 4.53. The van der Waals surface area contributed by atoms with Crippen LogP contribution in [-0.2, 0) is 0 Å². The van der Waals surface area contributed by atoms with E-state index in [-0.39, 0.29) is 5.91 Å². The van der Waals surface area contributed by atoms with Gasteiger partial charge in [0.25, 0.3) is 5.91 Å². The molecule has 0 aliphatic rings. The monoisotopic (exact) mass is 453 g/mol. The van der Waals surface area contributed by atoms with Crippen LogP contribution < -0.4 is 10.3 Å². The number of hydrazone groups is 1. The van der Waals surface area contributed by atoms with Crippen molar-refractivity contribution in [1.82, 2.24) is 14.6 Å². The number of carbonyl (C=O) groups excluding carboxylic acids is 1. The summed E-state index contributed by atoms with van der Waals surface area (Å²) in [6.07, 6.45) is 1.70. The third-order valence-corrected chi connectivity index (χ3v) is 6.10. The number of anilines is 1. The average Bonchev–Trinajstić information content (AvgIpc) is 3.30. The maximum atomic E-state index is 12.7. The van der Waals surface area contributed by atoms with Crippen LogP contribution in [0.5, 0.6) is 0 Å². The van der Waals surface area contributed by atoms with Gasteiger partial charge in [-0.3, -0.25) is 4.79 Å². The number of nitrogens with one attached hydrogen (secondary N) is 1. The van der Waals surface area contributed by atoms with Gasteiger partial charge in [0, 0.05) is 65.1 Å². The number of benzene rings is 2. The van der Waals surface area contributed by atoms with E-state index >= 15 is 0 Å². The molecule has 0 aliphatic carbocycles. The van der Waals surface area contributed by atoms with Gasteiger partial charge in [-0.05, 0) is 88.4 Å². The number of hydrogen-bond donors (Lipinski definition) is 1. The van der Waals surface area contributed by atoms with E-state index in [0.717, 1.165) is 45.4 Å². The van der Waals surface area contributed by atoms with Gasteiger partial charge < -0.3 is 14.0 Å². The molecule has 6 nitrogen and oxygen atoms in total. The van der Waals surface area contributed by atoms with E-state index in [1.807, 2.05) is 32.3 Å². The summed E-state index contributed by atoms with van der Waals surface area (Å²) >= 11 is 0. The molecule has 1 amide bonds. The lowest BCUT2D eigenvalue weighted by molar-refractivity contribution is 0.0955. The number of rotatable bonds is 6. The first kappa shape index (κ1) is 23.1. The molecule has 0 fully saturated rings. The van der Waals surface area contributed by atoms with Crippen LogP contribution in [0.1, 0.15) is 38.7 Å². The van der Waals surface area contributed by atoms with Gasteiger partial charge in [0.1, 0.15) is 0 Å². The maximum Gasteiger partial charge on any atom is 0.271 e. The summed E-state index contributed by atoms with van der Waals surface area (Å²) in [5.74, 6) is -0.242. The number of aromatic nitrogens is 2. The Bertz CT molecular complexity index is 1340. The van der Waals surface area contributed by atoms with Crippen molar-refractivity contribution in [3.63, 3.8) is 0 Å². The van der Waals surface area contributed by atoms with Crippen molar-refractivity contribution in [3.05, 3.63) is 101 Å². The van der Waals surface area contributed by atoms with Crippen LogP contribution in [0.3, 0.4) is 0 Å². The molecule has 0 atom stereocenters. The van der Waals surface area contributed by atoms with E-state index in [1.165, 1.54) is 0 Å². The first-order valence-electron chi connectivity index (χ1n) is 11.3. The van der Waals surface area contributed by atoms with E-state index in [4.69, 9.17) is 0 Å². The number of amides is 1. The molecule has 4 rings (SSSR count). The molecule has 0 unspecified atom stereocenters. The van der Waals surface area contributed by atoms with Gasteiger partial charge in [-0.2, -0.15) is 5.10 Å². The lowest BCUT2D eigenvalue weighted by Crippen LogP contribution is -2.18. The lowest BCUT2D eigenvalue weighted by Gasteiger charge is -2.14. The second-order valence-corrected chi connectivity index (χ2v) is 8.77. The Balaban J connectivity index is 1.51. The van der Waals surface area contributed by atoms with Crippen LogP contribution in [0.25, 0.3) is 11.4 Å². The topological polar surface area (TPSA) is 54.6 Å². The summed E-state index contributed by atoms with van der Waals surface area (Å²) < 4.78 is 4.31. The highest BCUT2D eigenvalue weighted by Crippen LogP contribution is 2.22. The van der Waals surface area contributed by atoms with Crippen molar-refractivity contribution < 1.29 is 4.79 Å². The third-order valence-electron chi connectivity index (χ3n) is 6.10. The normalized spacial score (nSPS) is 11.2. The van der Waals surface area contributed by atoms with Crippen molar-refractivity contribution in [1.29, 1.82) is 0 Å². The molecule has 0 saturated heterocycles. The largest absolute Gasteiger partial charge is 0.378 e. The standard InChI is InChI=1S/C28H31N5O/c1-19-10-11-20(2)32(19)27-9-7-8-23(17-27)28(34)30-29-18-24-16-21(3)33(22(24)4)26-14-12-25(13-15-26)31(5)6/h7-18H,1-6H3,(H,30,34)/b29-18-. The van der Waals surface area contributed by atoms with Gasteiger partial charge in [0.2, 0.25) is 0 Å². The Morgan fingerprint density at radius 1 is 0.824 bits per heavy atom. The number of carbonyl (C=O) groups is 1. The highest BCUT2D eigenvalue weighted by molar-refractivity contribution is 5.95. The molecular weight excluding hydrogens is 422 g/mol.